The number of hydrogen-bond donors (Lipinski definition) is 0. The summed E-state index contributed by atoms with van der Waals surface area (Å²) in [5, 5.41) is 0. The van der Waals surface area contributed by atoms with Crippen molar-refractivity contribution in [3.05, 3.63) is 30.1 Å². The largest absolute Gasteiger partial charge is 0.371 e. The van der Waals surface area contributed by atoms with Crippen LogP contribution in [0.3, 0.4) is 0 Å². The third-order valence-electron chi connectivity index (χ3n) is 5.09. The van der Waals surface area contributed by atoms with Gasteiger partial charge in [0, 0.05) is 31.0 Å². The average Bonchev–Trinajstić information content (AvgIpc) is 2.87. The van der Waals surface area contributed by atoms with Crippen LogP contribution < -0.4 is 0 Å². The van der Waals surface area contributed by atoms with Crippen LogP contribution in [0, 0.1) is 5.92 Å². The predicted octanol–water partition coefficient (Wildman–Crippen LogP) is 2.48. The summed E-state index contributed by atoms with van der Waals surface area (Å²) in [6.45, 7) is 2.44. The maximum Gasteiger partial charge on any atom is 0.225 e. The molecule has 1 amide bonds. The first-order chi connectivity index (χ1) is 10.7. The zero-order valence-corrected chi connectivity index (χ0v) is 13.6. The average molecular weight is 318 g/mol. The van der Waals surface area contributed by atoms with E-state index in [-0.39, 0.29) is 4.75 Å². The highest BCUT2D eigenvalue weighted by Gasteiger charge is 2.51. The molecule has 0 unspecified atom stereocenters. The van der Waals surface area contributed by atoms with Gasteiger partial charge in [-0.2, -0.15) is 0 Å². The summed E-state index contributed by atoms with van der Waals surface area (Å²) in [5.41, 5.74) is 0.990. The molecule has 1 spiro atoms. The maximum atomic E-state index is 12.2. The Bertz CT molecular complexity index is 541. The van der Waals surface area contributed by atoms with Gasteiger partial charge in [0.2, 0.25) is 5.91 Å². The Labute approximate surface area is 135 Å². The third-order valence-corrected chi connectivity index (χ3v) is 6.67. The van der Waals surface area contributed by atoms with Crippen molar-refractivity contribution in [2.45, 2.75) is 43.1 Å². The number of thioether (sulfide) groups is 1. The van der Waals surface area contributed by atoms with E-state index in [1.54, 1.807) is 6.20 Å². The molecule has 5 heteroatoms. The summed E-state index contributed by atoms with van der Waals surface area (Å²) in [6.07, 6.45) is 6.61. The third kappa shape index (κ3) is 2.76. The summed E-state index contributed by atoms with van der Waals surface area (Å²) < 4.78 is 6.28. The van der Waals surface area contributed by atoms with Gasteiger partial charge in [0.25, 0.3) is 0 Å². The Morgan fingerprint density at radius 2 is 2.27 bits per heavy atom. The lowest BCUT2D eigenvalue weighted by Crippen LogP contribution is -2.62. The molecular weight excluding hydrogens is 296 g/mol. The molecule has 3 aliphatic rings. The van der Waals surface area contributed by atoms with Gasteiger partial charge >= 0.3 is 0 Å². The molecule has 1 saturated carbocycles. The van der Waals surface area contributed by atoms with Gasteiger partial charge in [0.1, 0.15) is 0 Å². The molecule has 2 aliphatic heterocycles. The van der Waals surface area contributed by atoms with Crippen LogP contribution in [0.1, 0.15) is 31.4 Å². The number of carbonyl (C=O) groups is 1. The molecule has 1 aromatic heterocycles. The molecule has 4 rings (SSSR count). The van der Waals surface area contributed by atoms with Crippen LogP contribution in [0.5, 0.6) is 0 Å². The van der Waals surface area contributed by atoms with Crippen molar-refractivity contribution in [1.29, 1.82) is 0 Å². The lowest BCUT2D eigenvalue weighted by molar-refractivity contribution is -0.144. The number of carbonyl (C=O) groups excluding carboxylic acids is 1. The SMILES string of the molecule is O=C(C1CCC1)N1CC2(C[C@H](OCc3ccccn3)CS2)C1. The second kappa shape index (κ2) is 5.85. The zero-order chi connectivity index (χ0) is 15.0. The van der Waals surface area contributed by atoms with Gasteiger partial charge in [-0.15, -0.1) is 11.8 Å². The number of aromatic nitrogens is 1. The van der Waals surface area contributed by atoms with Crippen LogP contribution in [0.4, 0.5) is 0 Å². The van der Waals surface area contributed by atoms with Gasteiger partial charge in [0.15, 0.2) is 0 Å². The topological polar surface area (TPSA) is 42.4 Å². The number of nitrogens with zero attached hydrogens (tertiary/aromatic N) is 2. The van der Waals surface area contributed by atoms with E-state index in [9.17, 15) is 4.79 Å². The summed E-state index contributed by atoms with van der Waals surface area (Å²) in [4.78, 5) is 18.6. The highest BCUT2D eigenvalue weighted by Crippen LogP contribution is 2.47. The Kier molecular flexibility index (Phi) is 3.86. The Balaban J connectivity index is 1.24. The van der Waals surface area contributed by atoms with E-state index >= 15 is 0 Å². The standard InChI is InChI=1S/C17H22N2O2S/c20-16(13-4-3-5-13)19-11-17(12-19)8-15(10-22-17)21-9-14-6-1-2-7-18-14/h1-2,6-7,13,15H,3-5,8-12H2/t15-/m0/s1. The molecule has 0 aromatic carbocycles. The quantitative estimate of drug-likeness (QED) is 0.855. The van der Waals surface area contributed by atoms with Crippen molar-refractivity contribution < 1.29 is 9.53 Å². The lowest BCUT2D eigenvalue weighted by atomic mass is 9.82. The Hall–Kier alpha value is -1.07. The van der Waals surface area contributed by atoms with Gasteiger partial charge in [0.05, 0.1) is 23.2 Å². The molecule has 118 valence electrons. The van der Waals surface area contributed by atoms with Crippen molar-refractivity contribution in [2.24, 2.45) is 5.92 Å². The molecule has 1 atom stereocenters. The van der Waals surface area contributed by atoms with Gasteiger partial charge in [-0.05, 0) is 31.4 Å². The van der Waals surface area contributed by atoms with Crippen LogP contribution in [0.15, 0.2) is 24.4 Å². The maximum absolute atomic E-state index is 12.2. The van der Waals surface area contributed by atoms with Crippen molar-refractivity contribution in [1.82, 2.24) is 9.88 Å². The first kappa shape index (κ1) is 14.5. The van der Waals surface area contributed by atoms with Crippen molar-refractivity contribution in [3.8, 4) is 0 Å². The van der Waals surface area contributed by atoms with E-state index in [0.717, 1.165) is 43.8 Å². The fraction of sp³-hybridized carbons (Fsp3) is 0.647. The molecule has 2 saturated heterocycles. The first-order valence-corrected chi connectivity index (χ1v) is 9.17. The van der Waals surface area contributed by atoms with Crippen molar-refractivity contribution in [2.75, 3.05) is 18.8 Å². The van der Waals surface area contributed by atoms with E-state index in [4.69, 9.17) is 4.74 Å². The van der Waals surface area contributed by atoms with Crippen LogP contribution in [-0.4, -0.2) is 45.5 Å². The fourth-order valence-corrected chi connectivity index (χ4v) is 5.09. The minimum absolute atomic E-state index is 0.272. The second-order valence-corrected chi connectivity index (χ2v) is 8.26. The molecule has 0 N–H and O–H groups in total. The fourth-order valence-electron chi connectivity index (χ4n) is 3.54. The molecule has 0 radical (unpaired) electrons. The summed E-state index contributed by atoms with van der Waals surface area (Å²) >= 11 is 1.99. The monoisotopic (exact) mass is 318 g/mol. The van der Waals surface area contributed by atoms with Gasteiger partial charge in [-0.1, -0.05) is 12.5 Å². The second-order valence-electron chi connectivity index (χ2n) is 6.77. The molecule has 1 aromatic rings. The highest BCUT2D eigenvalue weighted by molar-refractivity contribution is 8.01. The van der Waals surface area contributed by atoms with E-state index < -0.39 is 0 Å². The van der Waals surface area contributed by atoms with Gasteiger partial charge in [-0.25, -0.2) is 0 Å². The van der Waals surface area contributed by atoms with E-state index in [0.29, 0.717) is 24.5 Å². The molecule has 0 bridgehead atoms. The normalized spacial score (nSPS) is 26.7. The molecule has 22 heavy (non-hydrogen) atoms. The molecule has 3 heterocycles. The predicted molar refractivity (Wildman–Crippen MR) is 86.5 cm³/mol. The molecular formula is C17H22N2O2S. The number of amides is 1. The molecule has 3 fully saturated rings. The summed E-state index contributed by atoms with van der Waals surface area (Å²) in [6, 6.07) is 5.92. The lowest BCUT2D eigenvalue weighted by Gasteiger charge is -2.49. The minimum Gasteiger partial charge on any atom is -0.371 e. The van der Waals surface area contributed by atoms with Gasteiger partial charge < -0.3 is 9.64 Å². The first-order valence-electron chi connectivity index (χ1n) is 8.18. The van der Waals surface area contributed by atoms with Crippen LogP contribution in [0.25, 0.3) is 0 Å². The highest BCUT2D eigenvalue weighted by atomic mass is 32.2. The summed E-state index contributed by atoms with van der Waals surface area (Å²) in [5.74, 6) is 1.77. The van der Waals surface area contributed by atoms with Crippen LogP contribution >= 0.6 is 11.8 Å². The van der Waals surface area contributed by atoms with E-state index in [1.165, 1.54) is 6.42 Å². The number of ether oxygens (including phenoxy) is 1. The number of rotatable bonds is 4. The smallest absolute Gasteiger partial charge is 0.225 e. The number of pyridine rings is 1. The Morgan fingerprint density at radius 1 is 1.41 bits per heavy atom. The van der Waals surface area contributed by atoms with E-state index in [2.05, 4.69) is 9.88 Å². The molecule has 4 nitrogen and oxygen atoms in total. The summed E-state index contributed by atoms with van der Waals surface area (Å²) in [7, 11) is 0. The van der Waals surface area contributed by atoms with Crippen LogP contribution in [0.2, 0.25) is 0 Å². The Morgan fingerprint density at radius 3 is 2.95 bits per heavy atom. The minimum atomic E-state index is 0.272. The van der Waals surface area contributed by atoms with Crippen LogP contribution in [-0.2, 0) is 16.1 Å². The van der Waals surface area contributed by atoms with Crippen molar-refractivity contribution in [3.63, 3.8) is 0 Å². The molecule has 1 aliphatic carbocycles. The number of hydrogen-bond acceptors (Lipinski definition) is 4. The number of likely N-dealkylation sites (tertiary alicyclic amines) is 1. The van der Waals surface area contributed by atoms with Gasteiger partial charge in [-0.3, -0.25) is 9.78 Å². The van der Waals surface area contributed by atoms with E-state index in [1.807, 2.05) is 30.0 Å². The zero-order valence-electron chi connectivity index (χ0n) is 12.7. The van der Waals surface area contributed by atoms with Crippen molar-refractivity contribution >= 4 is 17.7 Å².